The van der Waals surface area contributed by atoms with Crippen molar-refractivity contribution in [3.63, 3.8) is 0 Å². The molecule has 2 aliphatic rings. The molecule has 2 aromatic rings. The second kappa shape index (κ2) is 5.44. The second-order valence-electron chi connectivity index (χ2n) is 6.06. The Morgan fingerprint density at radius 3 is 2.95 bits per heavy atom. The molecule has 22 heavy (non-hydrogen) atoms. The van der Waals surface area contributed by atoms with Crippen molar-refractivity contribution in [1.29, 1.82) is 0 Å². The summed E-state index contributed by atoms with van der Waals surface area (Å²) in [7, 11) is 0. The van der Waals surface area contributed by atoms with E-state index >= 15 is 0 Å². The number of nitrogens with two attached hydrogens (primary N) is 1. The Hall–Kier alpha value is -1.80. The quantitative estimate of drug-likeness (QED) is 0.893. The smallest absolute Gasteiger partial charge is 0.251 e. The number of rotatable bonds is 5. The summed E-state index contributed by atoms with van der Waals surface area (Å²) in [6.45, 7) is 2.78. The van der Waals surface area contributed by atoms with Gasteiger partial charge in [0.05, 0.1) is 24.3 Å². The van der Waals surface area contributed by atoms with E-state index in [2.05, 4.69) is 20.2 Å². The highest BCUT2D eigenvalue weighted by Crippen LogP contribution is 2.41. The van der Waals surface area contributed by atoms with Crippen LogP contribution in [-0.2, 0) is 6.54 Å². The first kappa shape index (κ1) is 13.8. The molecule has 2 fully saturated rings. The average Bonchev–Trinajstić information content (AvgIpc) is 2.96. The van der Waals surface area contributed by atoms with Crippen molar-refractivity contribution in [3.8, 4) is 0 Å². The van der Waals surface area contributed by atoms with Crippen LogP contribution in [0.1, 0.15) is 51.6 Å². The molecule has 1 atom stereocenters. The molecule has 0 radical (unpaired) electrons. The molecular weight excluding hydrogens is 300 g/mol. The summed E-state index contributed by atoms with van der Waals surface area (Å²) in [5.74, 6) is 0.247. The lowest BCUT2D eigenvalue weighted by molar-refractivity contribution is 0.1000. The van der Waals surface area contributed by atoms with Crippen LogP contribution in [0.25, 0.3) is 0 Å². The molecule has 7 nitrogen and oxygen atoms in total. The maximum atomic E-state index is 11.1. The van der Waals surface area contributed by atoms with E-state index in [1.54, 1.807) is 17.5 Å². The van der Waals surface area contributed by atoms with Gasteiger partial charge >= 0.3 is 0 Å². The molecule has 1 amide bonds. The Labute approximate surface area is 132 Å². The van der Waals surface area contributed by atoms with Crippen LogP contribution in [0.2, 0.25) is 0 Å². The van der Waals surface area contributed by atoms with Crippen molar-refractivity contribution in [2.75, 3.05) is 13.1 Å². The van der Waals surface area contributed by atoms with Gasteiger partial charge in [0, 0.05) is 25.2 Å². The normalized spacial score (nSPS) is 22.3. The number of likely N-dealkylation sites (tertiary alicyclic amines) is 1. The van der Waals surface area contributed by atoms with E-state index in [0.717, 1.165) is 31.1 Å². The largest absolute Gasteiger partial charge is 0.366 e. The minimum Gasteiger partial charge on any atom is -0.366 e. The maximum Gasteiger partial charge on any atom is 0.251 e. The molecule has 2 N–H and O–H groups in total. The Morgan fingerprint density at radius 2 is 2.23 bits per heavy atom. The van der Waals surface area contributed by atoms with Crippen LogP contribution in [-0.4, -0.2) is 43.9 Å². The molecule has 1 aliphatic carbocycles. The molecule has 8 heteroatoms. The molecule has 2 aromatic heterocycles. The summed E-state index contributed by atoms with van der Waals surface area (Å²) in [6, 6.07) is 0.295. The van der Waals surface area contributed by atoms with Gasteiger partial charge in [-0.2, -0.15) is 5.10 Å². The molecule has 1 saturated carbocycles. The highest BCUT2D eigenvalue weighted by Gasteiger charge is 2.29. The number of hydrogen-bond donors (Lipinski definition) is 1. The highest BCUT2D eigenvalue weighted by molar-refractivity contribution is 7.11. The minimum atomic E-state index is -0.428. The predicted octanol–water partition coefficient (Wildman–Crippen LogP) is 1.16. The van der Waals surface area contributed by atoms with E-state index in [4.69, 9.17) is 5.73 Å². The zero-order valence-corrected chi connectivity index (χ0v) is 13.0. The fourth-order valence-corrected chi connectivity index (χ4v) is 3.91. The van der Waals surface area contributed by atoms with Gasteiger partial charge in [-0.15, -0.1) is 10.2 Å². The first-order chi connectivity index (χ1) is 10.7. The van der Waals surface area contributed by atoms with E-state index in [1.807, 2.05) is 4.68 Å². The first-order valence-electron chi connectivity index (χ1n) is 7.57. The van der Waals surface area contributed by atoms with Crippen LogP contribution in [0.4, 0.5) is 0 Å². The standard InChI is InChI=1S/C14H18N6OS/c15-13(21)10-5-16-20(6-10)11-3-4-19(7-11)8-12-17-18-14(22-12)9-1-2-9/h5-6,9,11H,1-4,7-8H2,(H2,15,21). The zero-order chi connectivity index (χ0) is 15.1. The number of amides is 1. The monoisotopic (exact) mass is 318 g/mol. The van der Waals surface area contributed by atoms with Crippen molar-refractivity contribution in [2.24, 2.45) is 5.73 Å². The molecular formula is C14H18N6OS. The third-order valence-corrected chi connectivity index (χ3v) is 5.35. The summed E-state index contributed by atoms with van der Waals surface area (Å²) in [6.07, 6.45) is 6.84. The van der Waals surface area contributed by atoms with Gasteiger partial charge in [-0.1, -0.05) is 11.3 Å². The summed E-state index contributed by atoms with van der Waals surface area (Å²) < 4.78 is 1.86. The van der Waals surface area contributed by atoms with E-state index in [1.165, 1.54) is 24.0 Å². The molecule has 0 aromatic carbocycles. The zero-order valence-electron chi connectivity index (χ0n) is 12.2. The lowest BCUT2D eigenvalue weighted by atomic mass is 10.3. The van der Waals surface area contributed by atoms with E-state index < -0.39 is 5.91 Å². The second-order valence-corrected chi connectivity index (χ2v) is 7.15. The number of carbonyl (C=O) groups excluding carboxylic acids is 1. The van der Waals surface area contributed by atoms with E-state index in [9.17, 15) is 4.79 Å². The van der Waals surface area contributed by atoms with Crippen molar-refractivity contribution in [2.45, 2.75) is 37.8 Å². The Bertz CT molecular complexity index is 691. The molecule has 0 spiro atoms. The number of nitrogens with zero attached hydrogens (tertiary/aromatic N) is 5. The van der Waals surface area contributed by atoms with Crippen LogP contribution in [0.15, 0.2) is 12.4 Å². The molecule has 1 unspecified atom stereocenters. The molecule has 4 rings (SSSR count). The van der Waals surface area contributed by atoms with Gasteiger partial charge in [0.2, 0.25) is 0 Å². The molecule has 1 saturated heterocycles. The van der Waals surface area contributed by atoms with E-state index in [0.29, 0.717) is 17.5 Å². The Kier molecular flexibility index (Phi) is 3.42. The van der Waals surface area contributed by atoms with Crippen molar-refractivity contribution in [1.82, 2.24) is 24.9 Å². The lowest BCUT2D eigenvalue weighted by Gasteiger charge is -2.14. The lowest BCUT2D eigenvalue weighted by Crippen LogP contribution is -2.21. The average molecular weight is 318 g/mol. The minimum absolute atomic E-state index is 0.295. The predicted molar refractivity (Wildman–Crippen MR) is 81.6 cm³/mol. The van der Waals surface area contributed by atoms with Gasteiger partial charge in [0.1, 0.15) is 10.0 Å². The van der Waals surface area contributed by atoms with Crippen LogP contribution < -0.4 is 5.73 Å². The fourth-order valence-electron chi connectivity index (χ4n) is 2.85. The third-order valence-electron chi connectivity index (χ3n) is 4.28. The highest BCUT2D eigenvalue weighted by atomic mass is 32.1. The number of carbonyl (C=O) groups is 1. The number of primary amides is 1. The summed E-state index contributed by atoms with van der Waals surface area (Å²) in [5.41, 5.74) is 5.74. The van der Waals surface area contributed by atoms with Crippen molar-refractivity contribution in [3.05, 3.63) is 28.0 Å². The summed E-state index contributed by atoms with van der Waals surface area (Å²) in [4.78, 5) is 13.5. The van der Waals surface area contributed by atoms with Crippen molar-refractivity contribution < 1.29 is 4.79 Å². The van der Waals surface area contributed by atoms with Gasteiger partial charge < -0.3 is 5.73 Å². The van der Waals surface area contributed by atoms with Gasteiger partial charge in [0.25, 0.3) is 5.91 Å². The Morgan fingerprint density at radius 1 is 1.36 bits per heavy atom. The number of hydrogen-bond acceptors (Lipinski definition) is 6. The topological polar surface area (TPSA) is 89.9 Å². The summed E-state index contributed by atoms with van der Waals surface area (Å²) >= 11 is 1.75. The van der Waals surface area contributed by atoms with Crippen molar-refractivity contribution >= 4 is 17.2 Å². The number of aromatic nitrogens is 4. The third kappa shape index (κ3) is 2.76. The van der Waals surface area contributed by atoms with Gasteiger partial charge in [-0.05, 0) is 19.3 Å². The molecule has 0 bridgehead atoms. The van der Waals surface area contributed by atoms with Crippen LogP contribution >= 0.6 is 11.3 Å². The van der Waals surface area contributed by atoms with Crippen LogP contribution in [0.5, 0.6) is 0 Å². The summed E-state index contributed by atoms with van der Waals surface area (Å²) in [5, 5.41) is 15.2. The molecule has 116 valence electrons. The van der Waals surface area contributed by atoms with Gasteiger partial charge in [0.15, 0.2) is 0 Å². The Balaban J connectivity index is 1.37. The maximum absolute atomic E-state index is 11.1. The molecule has 3 heterocycles. The SMILES string of the molecule is NC(=O)c1cnn(C2CCN(Cc3nnc(C4CC4)s3)C2)c1. The first-order valence-corrected chi connectivity index (χ1v) is 8.39. The molecule has 1 aliphatic heterocycles. The fraction of sp³-hybridized carbons (Fsp3) is 0.571. The van der Waals surface area contributed by atoms with Crippen LogP contribution in [0, 0.1) is 0 Å². The van der Waals surface area contributed by atoms with Crippen LogP contribution in [0.3, 0.4) is 0 Å². The van der Waals surface area contributed by atoms with E-state index in [-0.39, 0.29) is 0 Å². The van der Waals surface area contributed by atoms with Gasteiger partial charge in [-0.25, -0.2) is 0 Å². The van der Waals surface area contributed by atoms with Gasteiger partial charge in [-0.3, -0.25) is 14.4 Å².